The van der Waals surface area contributed by atoms with Gasteiger partial charge in [-0.25, -0.2) is 4.98 Å². The summed E-state index contributed by atoms with van der Waals surface area (Å²) in [6, 6.07) is 13.0. The van der Waals surface area contributed by atoms with Crippen LogP contribution in [0.1, 0.15) is 24.2 Å². The van der Waals surface area contributed by atoms with E-state index in [0.29, 0.717) is 23.0 Å². The van der Waals surface area contributed by atoms with Gasteiger partial charge in [-0.1, -0.05) is 31.3 Å². The minimum absolute atomic E-state index is 0. The highest BCUT2D eigenvalue weighted by Crippen LogP contribution is 2.32. The topological polar surface area (TPSA) is 54.9 Å². The van der Waals surface area contributed by atoms with Gasteiger partial charge in [0.05, 0.1) is 24.4 Å². The van der Waals surface area contributed by atoms with Crippen LogP contribution in [0.3, 0.4) is 0 Å². The molecular weight excluding hydrogens is 422 g/mol. The van der Waals surface area contributed by atoms with Crippen molar-refractivity contribution in [1.82, 2.24) is 9.88 Å². The number of amides is 1. The van der Waals surface area contributed by atoms with E-state index in [0.717, 1.165) is 35.6 Å². The van der Waals surface area contributed by atoms with Crippen LogP contribution in [-0.4, -0.2) is 56.2 Å². The van der Waals surface area contributed by atoms with Crippen LogP contribution in [0.4, 0.5) is 5.13 Å². The standard InChI is InChI=1S/C22H27N3O3S.ClH/c1-5-24(6-2)12-13-25(21(26)16-8-7-9-17(14-16)27-3)22-23-19-15-18(28-4)10-11-20(19)29-22;/h7-11,14-15H,5-6,12-13H2,1-4H3;1H. The summed E-state index contributed by atoms with van der Waals surface area (Å²) in [6.07, 6.45) is 0. The summed E-state index contributed by atoms with van der Waals surface area (Å²) in [4.78, 5) is 22.2. The van der Waals surface area contributed by atoms with E-state index < -0.39 is 0 Å². The van der Waals surface area contributed by atoms with E-state index in [9.17, 15) is 4.79 Å². The summed E-state index contributed by atoms with van der Waals surface area (Å²) in [7, 11) is 3.24. The Bertz CT molecular complexity index is 975. The number of aromatic nitrogens is 1. The van der Waals surface area contributed by atoms with Crippen LogP contribution in [0.5, 0.6) is 11.5 Å². The molecule has 0 unspecified atom stereocenters. The molecule has 6 nitrogen and oxygen atoms in total. The molecule has 1 aromatic heterocycles. The summed E-state index contributed by atoms with van der Waals surface area (Å²) >= 11 is 1.51. The third kappa shape index (κ3) is 5.41. The Kier molecular flexibility index (Phi) is 8.89. The predicted molar refractivity (Wildman–Crippen MR) is 126 cm³/mol. The van der Waals surface area contributed by atoms with Crippen molar-refractivity contribution in [2.24, 2.45) is 0 Å². The number of fused-ring (bicyclic) bond motifs is 1. The Labute approximate surface area is 187 Å². The highest BCUT2D eigenvalue weighted by Gasteiger charge is 2.22. The highest BCUT2D eigenvalue weighted by atomic mass is 35.5. The van der Waals surface area contributed by atoms with Crippen molar-refractivity contribution in [1.29, 1.82) is 0 Å². The van der Waals surface area contributed by atoms with Gasteiger partial charge in [0.2, 0.25) is 0 Å². The second-order valence-corrected chi connectivity index (χ2v) is 7.55. The molecule has 30 heavy (non-hydrogen) atoms. The van der Waals surface area contributed by atoms with E-state index >= 15 is 0 Å². The van der Waals surface area contributed by atoms with Crippen LogP contribution in [0.25, 0.3) is 10.2 Å². The molecule has 8 heteroatoms. The summed E-state index contributed by atoms with van der Waals surface area (Å²) in [5.74, 6) is 1.33. The van der Waals surface area contributed by atoms with Crippen molar-refractivity contribution in [3.05, 3.63) is 48.0 Å². The number of likely N-dealkylation sites (N-methyl/N-ethyl adjacent to an activating group) is 1. The van der Waals surface area contributed by atoms with Gasteiger partial charge in [-0.2, -0.15) is 0 Å². The Morgan fingerprint density at radius 3 is 2.37 bits per heavy atom. The van der Waals surface area contributed by atoms with Gasteiger partial charge in [-0.15, -0.1) is 12.4 Å². The zero-order valence-electron chi connectivity index (χ0n) is 17.8. The SMILES string of the molecule is CCN(CC)CCN(C(=O)c1cccc(OC)c1)c1nc2cc(OC)ccc2s1.Cl. The Morgan fingerprint density at radius 2 is 1.70 bits per heavy atom. The molecule has 0 atom stereocenters. The summed E-state index contributed by atoms with van der Waals surface area (Å²) < 4.78 is 11.6. The fourth-order valence-electron chi connectivity index (χ4n) is 3.11. The summed E-state index contributed by atoms with van der Waals surface area (Å²) in [5.41, 5.74) is 1.41. The van der Waals surface area contributed by atoms with Crippen molar-refractivity contribution >= 4 is 45.0 Å². The normalized spacial score (nSPS) is 10.7. The number of rotatable bonds is 9. The minimum atomic E-state index is -0.0814. The minimum Gasteiger partial charge on any atom is -0.497 e. The lowest BCUT2D eigenvalue weighted by Gasteiger charge is -2.24. The molecule has 0 fully saturated rings. The molecule has 0 saturated carbocycles. The molecule has 0 aliphatic heterocycles. The van der Waals surface area contributed by atoms with Crippen molar-refractivity contribution in [3.63, 3.8) is 0 Å². The maximum absolute atomic E-state index is 13.4. The van der Waals surface area contributed by atoms with Gasteiger partial charge in [-0.3, -0.25) is 9.69 Å². The van der Waals surface area contributed by atoms with E-state index in [4.69, 9.17) is 14.5 Å². The number of hydrogen-bond donors (Lipinski definition) is 0. The van der Waals surface area contributed by atoms with Crippen LogP contribution in [0, 0.1) is 0 Å². The summed E-state index contributed by atoms with van der Waals surface area (Å²) in [5, 5.41) is 0.688. The fraction of sp³-hybridized carbons (Fsp3) is 0.364. The smallest absolute Gasteiger partial charge is 0.260 e. The van der Waals surface area contributed by atoms with Gasteiger partial charge in [-0.05, 0) is 43.4 Å². The predicted octanol–water partition coefficient (Wildman–Crippen LogP) is 4.72. The fourth-order valence-corrected chi connectivity index (χ4v) is 4.09. The van der Waals surface area contributed by atoms with Crippen molar-refractivity contribution in [3.8, 4) is 11.5 Å². The van der Waals surface area contributed by atoms with Crippen molar-refractivity contribution < 1.29 is 14.3 Å². The first kappa shape index (κ1) is 23.9. The quantitative estimate of drug-likeness (QED) is 0.473. The summed E-state index contributed by atoms with van der Waals surface area (Å²) in [6.45, 7) is 7.48. The Balaban J connectivity index is 0.00000320. The van der Waals surface area contributed by atoms with Gasteiger partial charge in [0.1, 0.15) is 11.5 Å². The number of ether oxygens (including phenoxy) is 2. The zero-order chi connectivity index (χ0) is 20.8. The second-order valence-electron chi connectivity index (χ2n) is 6.55. The van der Waals surface area contributed by atoms with E-state index in [2.05, 4.69) is 18.7 Å². The van der Waals surface area contributed by atoms with E-state index in [1.54, 1.807) is 25.2 Å². The molecule has 0 N–H and O–H groups in total. The lowest BCUT2D eigenvalue weighted by molar-refractivity contribution is 0.0983. The maximum atomic E-state index is 13.4. The van der Waals surface area contributed by atoms with Gasteiger partial charge < -0.3 is 14.4 Å². The molecule has 1 heterocycles. The van der Waals surface area contributed by atoms with Crippen LogP contribution in [0.15, 0.2) is 42.5 Å². The average Bonchev–Trinajstić information content (AvgIpc) is 3.19. The Morgan fingerprint density at radius 1 is 1.00 bits per heavy atom. The van der Waals surface area contributed by atoms with E-state index in [1.807, 2.05) is 36.4 Å². The number of anilines is 1. The first-order chi connectivity index (χ1) is 14.1. The lowest BCUT2D eigenvalue weighted by Crippen LogP contribution is -2.38. The first-order valence-electron chi connectivity index (χ1n) is 9.72. The third-order valence-electron chi connectivity index (χ3n) is 4.91. The van der Waals surface area contributed by atoms with Crippen LogP contribution in [-0.2, 0) is 0 Å². The molecule has 0 bridgehead atoms. The van der Waals surface area contributed by atoms with Gasteiger partial charge in [0.25, 0.3) is 5.91 Å². The van der Waals surface area contributed by atoms with Crippen molar-refractivity contribution in [2.75, 3.05) is 45.3 Å². The zero-order valence-corrected chi connectivity index (χ0v) is 19.4. The van der Waals surface area contributed by atoms with E-state index in [-0.39, 0.29) is 18.3 Å². The monoisotopic (exact) mass is 449 g/mol. The molecule has 0 aliphatic carbocycles. The highest BCUT2D eigenvalue weighted by molar-refractivity contribution is 7.22. The molecular formula is C22H28ClN3O3S. The van der Waals surface area contributed by atoms with Crippen LogP contribution in [0.2, 0.25) is 0 Å². The molecule has 3 rings (SSSR count). The molecule has 2 aromatic carbocycles. The number of thiazole rings is 1. The van der Waals surface area contributed by atoms with E-state index in [1.165, 1.54) is 11.3 Å². The van der Waals surface area contributed by atoms with Crippen LogP contribution < -0.4 is 14.4 Å². The van der Waals surface area contributed by atoms with Crippen LogP contribution >= 0.6 is 23.7 Å². The number of halogens is 1. The average molecular weight is 450 g/mol. The number of nitrogens with zero attached hydrogens (tertiary/aromatic N) is 3. The molecule has 0 spiro atoms. The molecule has 0 saturated heterocycles. The number of methoxy groups -OCH3 is 2. The van der Waals surface area contributed by atoms with Gasteiger partial charge in [0.15, 0.2) is 5.13 Å². The number of benzene rings is 2. The maximum Gasteiger partial charge on any atom is 0.260 e. The molecule has 0 aliphatic rings. The molecule has 162 valence electrons. The lowest BCUT2D eigenvalue weighted by atomic mass is 10.2. The molecule has 3 aromatic rings. The number of carbonyl (C=O) groups is 1. The Hall–Kier alpha value is -2.35. The second kappa shape index (κ2) is 11.2. The van der Waals surface area contributed by atoms with Gasteiger partial charge in [0, 0.05) is 24.7 Å². The first-order valence-corrected chi connectivity index (χ1v) is 10.5. The number of hydrogen-bond acceptors (Lipinski definition) is 6. The molecule has 1 amide bonds. The molecule has 0 radical (unpaired) electrons. The largest absolute Gasteiger partial charge is 0.497 e. The third-order valence-corrected chi connectivity index (χ3v) is 5.97. The van der Waals surface area contributed by atoms with Gasteiger partial charge >= 0.3 is 0 Å². The number of carbonyl (C=O) groups excluding carboxylic acids is 1. The van der Waals surface area contributed by atoms with Crippen molar-refractivity contribution in [2.45, 2.75) is 13.8 Å².